The summed E-state index contributed by atoms with van der Waals surface area (Å²) in [6.07, 6.45) is -5.17. The molecule has 20 rings (SSSR count). The maximum atomic E-state index is 13.7. The van der Waals surface area contributed by atoms with E-state index in [1.54, 1.807) is 118 Å². The summed E-state index contributed by atoms with van der Waals surface area (Å²) in [5.41, 5.74) is 34.2. The first-order chi connectivity index (χ1) is 70.2. The molecule has 10 aliphatic rings. The van der Waals surface area contributed by atoms with Gasteiger partial charge >= 0.3 is 15.7 Å². The number of nitrogens with two attached hydrogens (primary N) is 5. The van der Waals surface area contributed by atoms with E-state index < -0.39 is 143 Å². The number of imidazole rings is 5. The minimum Gasteiger partial charge on any atom is -0.491 e. The highest BCUT2D eigenvalue weighted by molar-refractivity contribution is 7.93. The monoisotopic (exact) mass is 2150 g/mol. The van der Waals surface area contributed by atoms with Crippen LogP contribution in [0.15, 0.2) is 122 Å². The van der Waals surface area contributed by atoms with Crippen LogP contribution in [0.5, 0.6) is 28.7 Å². The van der Waals surface area contributed by atoms with Gasteiger partial charge in [-0.15, -0.1) is 0 Å². The van der Waals surface area contributed by atoms with Crippen LogP contribution in [0.2, 0.25) is 0 Å². The fourth-order valence-corrected chi connectivity index (χ4v) is 21.8. The van der Waals surface area contributed by atoms with Gasteiger partial charge in [0.25, 0.3) is 48.8 Å². The van der Waals surface area contributed by atoms with Gasteiger partial charge in [-0.25, -0.2) is 85.6 Å². The van der Waals surface area contributed by atoms with Crippen LogP contribution in [-0.4, -0.2) is 237 Å². The number of aromatic nitrogens is 10. The van der Waals surface area contributed by atoms with Gasteiger partial charge < -0.3 is 84.7 Å². The molecule has 7 amide bonds. The van der Waals surface area contributed by atoms with Crippen molar-refractivity contribution in [3.05, 3.63) is 150 Å². The summed E-state index contributed by atoms with van der Waals surface area (Å²) in [6, 6.07) is 22.7. The molecule has 10 aliphatic heterocycles. The highest BCUT2D eigenvalue weighted by atomic mass is 35.5. The van der Waals surface area contributed by atoms with Crippen molar-refractivity contribution in [3.8, 4) is 85.7 Å². The number of carbonyl (C=O) groups is 7. The minimum absolute atomic E-state index is 0.00734. The molecule has 5 fully saturated rings. The third kappa shape index (κ3) is 23.1. The number of ether oxygens (including phenoxy) is 7. The predicted octanol–water partition coefficient (Wildman–Crippen LogP) is 8.45. The van der Waals surface area contributed by atoms with E-state index in [4.69, 9.17) is 77.6 Å². The van der Waals surface area contributed by atoms with Crippen molar-refractivity contribution >= 4 is 114 Å². The van der Waals surface area contributed by atoms with Crippen molar-refractivity contribution in [2.75, 3.05) is 87.9 Å². The fourth-order valence-electron chi connectivity index (χ4n) is 17.7. The van der Waals surface area contributed by atoms with Crippen LogP contribution in [0, 0.1) is 29.6 Å². The number of amides is 7. The van der Waals surface area contributed by atoms with Crippen LogP contribution < -0.4 is 75.1 Å². The largest absolute Gasteiger partial charge is 0.491 e. The first-order valence-corrected chi connectivity index (χ1v) is 50.8. The molecule has 5 aromatic carbocycles. The van der Waals surface area contributed by atoms with E-state index in [0.717, 1.165) is 46.2 Å². The van der Waals surface area contributed by atoms with Crippen molar-refractivity contribution in [1.82, 2.24) is 47.8 Å². The molecular weight excluding hydrogens is 2050 g/mol. The Bertz CT molecular complexity index is 6670. The van der Waals surface area contributed by atoms with Crippen molar-refractivity contribution in [2.45, 2.75) is 168 Å². The molecule has 1 unspecified atom stereocenters. The number of halogens is 11. The van der Waals surface area contributed by atoms with Gasteiger partial charge in [-0.1, -0.05) is 65.0 Å². The lowest BCUT2D eigenvalue weighted by atomic mass is 9.99. The van der Waals surface area contributed by atoms with E-state index in [1.165, 1.54) is 18.6 Å². The lowest BCUT2D eigenvalue weighted by Crippen LogP contribution is -2.43. The second-order valence-corrected chi connectivity index (χ2v) is 41.3. The van der Waals surface area contributed by atoms with E-state index in [0.29, 0.717) is 181 Å². The predicted molar refractivity (Wildman–Crippen MR) is 512 cm³/mol. The van der Waals surface area contributed by atoms with Crippen LogP contribution in [0.3, 0.4) is 0 Å². The van der Waals surface area contributed by atoms with E-state index in [9.17, 15) is 98.5 Å². The van der Waals surface area contributed by atoms with E-state index >= 15 is 0 Å². The zero-order chi connectivity index (χ0) is 106. The Balaban J connectivity index is 0.000000132. The van der Waals surface area contributed by atoms with Crippen LogP contribution in [-0.2, 0) is 148 Å². The Morgan fingerprint density at radius 1 is 0.419 bits per heavy atom. The van der Waals surface area contributed by atoms with Crippen LogP contribution in [0.4, 0.5) is 73.0 Å². The number of alkyl halides is 11. The number of benzene rings is 5. The van der Waals surface area contributed by atoms with E-state index in [1.807, 2.05) is 42.5 Å². The fraction of sp³-hybridized carbons (Fsp3) is 0.441. The molecule has 0 bridgehead atoms. The summed E-state index contributed by atoms with van der Waals surface area (Å²) >= 11 is 3.11. The summed E-state index contributed by atoms with van der Waals surface area (Å²) in [6.45, 7) is 10.4. The molecular formula is C93H101ClF10N20O21S3. The Morgan fingerprint density at radius 2 is 0.723 bits per heavy atom. The first kappa shape index (κ1) is 107. The van der Waals surface area contributed by atoms with Crippen LogP contribution >= 0.6 is 11.6 Å². The quantitative estimate of drug-likeness (QED) is 0.0264. The standard InChI is InChI=1S/C19H19ClF2N4O4.C19H22F2N4O4S.C19H20F2N4O4.C18H20F2N4O5S.C18H20F2N4O4S/c1-10(16(23)28)6-11-2-3-12-13(7-11)29-5-4-25-8-14(24-17(12)25)26-15(27)9-30-18(26)19(20,21)22;1-11(18(22)26)8-12-2-3-13-15(9-12)29-6-5-24-10-16(23-19(13)24)25-14(17(20)21)4-7-30(25,27)28;1-10(17(22)27)6-11-2-3-12-13(7-11)28-5-4-24-8-14(23-18(12)24)25-15(26)9-29-19(25)16(20)21;1-10(17(21)25)6-11-2-3-12-14(7-11)28-5-4-23-8-15(22-18(12)23)24-13(16(19)20)9-29-30(24,26)27;1-10(17(21)25)6-11-2-3-12-14(7-11)27-5-4-23-8-15(22-18(12)23)24-13(16(19)20)9-28-29(24)26/h2-3,7-8,10,18H,4-6,9H2,1H3,(H2,23,28);2-3,9-11,14,17H,4-8H2,1H3,(H2,22,26);2-3,7-8,10,16,19H,4-6,9H2,1H3,(H2,22,27);2-3,7-8,10,13,16H,4-6,9H2,1H3,(H2,21,25);2-3,7-8,10,13,16H,4-6,9H2,1H3,(H2,21,25)/t10-,18+;11-,14+;10-,19+;10-,13+;10-,13+,29?/m11111/s1. The molecule has 0 aliphatic carbocycles. The number of anilines is 5. The smallest absolute Gasteiger partial charge is 0.366 e. The number of fused-ring (bicyclic) bond motifs is 15. The Labute approximate surface area is 846 Å². The molecule has 10 N–H and O–H groups in total. The number of hydrogen-bond acceptors (Lipinski definition) is 26. The summed E-state index contributed by atoms with van der Waals surface area (Å²) in [5.74, 6) is 0.0848. The number of sulfonamides is 1. The second-order valence-electron chi connectivity index (χ2n) is 36.3. The van der Waals surface area contributed by atoms with Gasteiger partial charge in [0.15, 0.2) is 35.3 Å². The lowest BCUT2D eigenvalue weighted by molar-refractivity contribution is -0.122. The number of nitrogens with zero attached hydrogens (tertiary/aromatic N) is 15. The first-order valence-electron chi connectivity index (χ1n) is 46.4. The lowest BCUT2D eigenvalue weighted by Gasteiger charge is -2.24. The SMILES string of the molecule is C[C@H](Cc1ccc2c(c1)OCCn1cc(N3C(=O)CO[C@H]3C(F)(F)Cl)nc1-2)C(N)=O.C[C@H](Cc1ccc2c(c1)OCCn1cc(N3C(=O)CO[C@H]3C(F)F)nc1-2)C(N)=O.C[C@H](Cc1ccc2c(c1)OCCn1cc(N3[C@H](C(F)F)CCS3(=O)=O)nc1-2)C(N)=O.C[C@H](Cc1ccc2c(c1)OCCn1cc(N3[C@H](C(F)F)COS3(=O)=O)nc1-2)C(N)=O.C[C@H](Cc1ccc2c(c1)OCCn1cc(N3[C@H](C(F)F)COS3=O)nc1-2)C(N)=O. The molecule has 11 atom stereocenters. The van der Waals surface area contributed by atoms with E-state index in [2.05, 4.69) is 29.1 Å². The molecule has 55 heteroatoms. The van der Waals surface area contributed by atoms with Gasteiger partial charge in [-0.05, 0) is 139 Å². The minimum atomic E-state index is -4.35. The summed E-state index contributed by atoms with van der Waals surface area (Å²) < 4.78 is 254. The molecule has 0 spiro atoms. The van der Waals surface area contributed by atoms with Gasteiger partial charge in [0.2, 0.25) is 45.8 Å². The van der Waals surface area contributed by atoms with Gasteiger partial charge in [0.1, 0.15) is 122 Å². The third-order valence-electron chi connectivity index (χ3n) is 25.7. The highest BCUT2D eigenvalue weighted by Gasteiger charge is 2.52. The molecule has 15 heterocycles. The average molecular weight is 2160 g/mol. The van der Waals surface area contributed by atoms with Gasteiger partial charge in [0.05, 0.1) is 79.5 Å². The molecule has 0 saturated carbocycles. The Hall–Kier alpha value is -13.7. The normalized spacial score (nSPS) is 20.6. The molecule has 148 heavy (non-hydrogen) atoms. The zero-order valence-electron chi connectivity index (χ0n) is 79.5. The van der Waals surface area contributed by atoms with Crippen molar-refractivity contribution in [1.29, 1.82) is 0 Å². The highest BCUT2D eigenvalue weighted by Crippen LogP contribution is 2.46. The average Bonchev–Trinajstić information content (AvgIpc) is 1.58. The Morgan fingerprint density at radius 3 is 1.05 bits per heavy atom. The summed E-state index contributed by atoms with van der Waals surface area (Å²) in [4.78, 5) is 105. The number of carbonyl (C=O) groups excluding carboxylic acids is 7. The molecule has 41 nitrogen and oxygen atoms in total. The molecule has 794 valence electrons. The number of rotatable bonds is 25. The third-order valence-corrected chi connectivity index (χ3v) is 30.1. The Kier molecular flexibility index (Phi) is 31.8. The van der Waals surface area contributed by atoms with Gasteiger partial charge in [0, 0.05) is 60.6 Å². The zero-order valence-corrected chi connectivity index (χ0v) is 82.7. The number of primary amides is 5. The van der Waals surface area contributed by atoms with Crippen molar-refractivity contribution < 1.29 is 140 Å². The molecule has 5 saturated heterocycles. The van der Waals surface area contributed by atoms with E-state index in [-0.39, 0.29) is 95.9 Å². The van der Waals surface area contributed by atoms with Gasteiger partial charge in [-0.2, -0.15) is 17.2 Å². The summed E-state index contributed by atoms with van der Waals surface area (Å²) in [7, 11) is -8.19. The topological polar surface area (TPSA) is 523 Å². The van der Waals surface area contributed by atoms with Crippen molar-refractivity contribution in [3.63, 3.8) is 0 Å². The van der Waals surface area contributed by atoms with Crippen LogP contribution in [0.25, 0.3) is 56.9 Å². The maximum absolute atomic E-state index is 13.7. The van der Waals surface area contributed by atoms with Gasteiger partial charge in [-0.3, -0.25) is 51.7 Å². The van der Waals surface area contributed by atoms with Crippen LogP contribution in [0.1, 0.15) is 68.9 Å². The molecule has 0 radical (unpaired) electrons. The maximum Gasteiger partial charge on any atom is 0.366 e. The second kappa shape index (κ2) is 44.0. The molecule has 5 aromatic heterocycles. The summed E-state index contributed by atoms with van der Waals surface area (Å²) in [5, 5.41) is -3.76. The molecule has 10 aromatic rings. The van der Waals surface area contributed by atoms with Crippen molar-refractivity contribution in [2.24, 2.45) is 58.3 Å². The number of hydrogen-bond donors (Lipinski definition) is 5.